The standard InChI is InChI=1S/C18H21NS/c1-13-5-8-18(16(11-13)9-10-19)20-17-7-6-14-3-2-4-15(14)12-17/h5-8,11-12H,2-4,9-10,19H2,1H3. The largest absolute Gasteiger partial charge is 0.330 e. The van der Waals surface area contributed by atoms with E-state index in [0.717, 1.165) is 6.42 Å². The van der Waals surface area contributed by atoms with Crippen LogP contribution in [-0.4, -0.2) is 6.54 Å². The van der Waals surface area contributed by atoms with E-state index in [1.165, 1.54) is 40.2 Å². The molecule has 1 nitrogen and oxygen atoms in total. The normalized spacial score (nSPS) is 13.5. The maximum Gasteiger partial charge on any atom is 0.0155 e. The Morgan fingerprint density at radius 1 is 1.05 bits per heavy atom. The van der Waals surface area contributed by atoms with Gasteiger partial charge < -0.3 is 5.73 Å². The molecule has 0 fully saturated rings. The van der Waals surface area contributed by atoms with Gasteiger partial charge in [-0.25, -0.2) is 0 Å². The molecule has 0 aromatic heterocycles. The minimum Gasteiger partial charge on any atom is -0.330 e. The van der Waals surface area contributed by atoms with Crippen LogP contribution in [0.25, 0.3) is 0 Å². The second-order valence-corrected chi connectivity index (χ2v) is 6.65. The first-order chi connectivity index (χ1) is 9.76. The fourth-order valence-electron chi connectivity index (χ4n) is 2.90. The zero-order valence-corrected chi connectivity index (χ0v) is 12.8. The molecule has 0 amide bonds. The Morgan fingerprint density at radius 2 is 1.90 bits per heavy atom. The maximum absolute atomic E-state index is 5.74. The van der Waals surface area contributed by atoms with E-state index >= 15 is 0 Å². The van der Waals surface area contributed by atoms with Crippen molar-refractivity contribution in [1.82, 2.24) is 0 Å². The number of aryl methyl sites for hydroxylation is 3. The van der Waals surface area contributed by atoms with Crippen LogP contribution in [0.5, 0.6) is 0 Å². The molecule has 104 valence electrons. The van der Waals surface area contributed by atoms with Gasteiger partial charge in [0.25, 0.3) is 0 Å². The van der Waals surface area contributed by atoms with Gasteiger partial charge in [0.05, 0.1) is 0 Å². The Hall–Kier alpha value is -1.25. The molecule has 20 heavy (non-hydrogen) atoms. The van der Waals surface area contributed by atoms with Gasteiger partial charge in [-0.3, -0.25) is 0 Å². The molecule has 2 N–H and O–H groups in total. The summed E-state index contributed by atoms with van der Waals surface area (Å²) < 4.78 is 0. The highest BCUT2D eigenvalue weighted by atomic mass is 32.2. The molecule has 1 aliphatic rings. The number of nitrogens with two attached hydrogens (primary N) is 1. The number of rotatable bonds is 4. The molecular weight excluding hydrogens is 262 g/mol. The second kappa shape index (κ2) is 6.02. The van der Waals surface area contributed by atoms with Crippen LogP contribution in [0.2, 0.25) is 0 Å². The van der Waals surface area contributed by atoms with Crippen molar-refractivity contribution in [3.05, 3.63) is 58.7 Å². The predicted molar refractivity (Wildman–Crippen MR) is 86.5 cm³/mol. The Balaban J connectivity index is 1.87. The molecule has 0 aliphatic heterocycles. The SMILES string of the molecule is Cc1ccc(Sc2ccc3c(c2)CCC3)c(CCN)c1. The first kappa shape index (κ1) is 13.7. The van der Waals surface area contributed by atoms with Gasteiger partial charge in [-0.2, -0.15) is 0 Å². The Kier molecular flexibility index (Phi) is 4.13. The minimum absolute atomic E-state index is 0.710. The van der Waals surface area contributed by atoms with Crippen molar-refractivity contribution in [2.45, 2.75) is 42.4 Å². The third-order valence-corrected chi connectivity index (χ3v) is 5.04. The monoisotopic (exact) mass is 283 g/mol. The van der Waals surface area contributed by atoms with Gasteiger partial charge in [0, 0.05) is 9.79 Å². The van der Waals surface area contributed by atoms with Gasteiger partial charge in [-0.15, -0.1) is 0 Å². The molecule has 0 spiro atoms. The molecule has 2 aromatic rings. The molecule has 2 heteroatoms. The first-order valence-electron chi connectivity index (χ1n) is 7.35. The van der Waals surface area contributed by atoms with Crippen LogP contribution in [0, 0.1) is 6.92 Å². The van der Waals surface area contributed by atoms with Crippen molar-refractivity contribution in [2.75, 3.05) is 6.54 Å². The summed E-state index contributed by atoms with van der Waals surface area (Å²) >= 11 is 1.87. The smallest absolute Gasteiger partial charge is 0.0155 e. The fourth-order valence-corrected chi connectivity index (χ4v) is 3.92. The van der Waals surface area contributed by atoms with E-state index in [1.807, 2.05) is 11.8 Å². The van der Waals surface area contributed by atoms with Gasteiger partial charge in [0.2, 0.25) is 0 Å². The van der Waals surface area contributed by atoms with Crippen LogP contribution in [0.15, 0.2) is 46.2 Å². The molecular formula is C18H21NS. The van der Waals surface area contributed by atoms with E-state index in [4.69, 9.17) is 5.73 Å². The van der Waals surface area contributed by atoms with Crippen LogP contribution in [-0.2, 0) is 19.3 Å². The quantitative estimate of drug-likeness (QED) is 0.912. The lowest BCUT2D eigenvalue weighted by Crippen LogP contribution is -2.04. The van der Waals surface area contributed by atoms with E-state index in [2.05, 4.69) is 43.3 Å². The molecule has 2 aromatic carbocycles. The van der Waals surface area contributed by atoms with Gasteiger partial charge in [-0.1, -0.05) is 35.5 Å². The highest BCUT2D eigenvalue weighted by Crippen LogP contribution is 2.34. The summed E-state index contributed by atoms with van der Waals surface area (Å²) in [6.45, 7) is 2.85. The van der Waals surface area contributed by atoms with Crippen molar-refractivity contribution in [1.29, 1.82) is 0 Å². The third kappa shape index (κ3) is 2.92. The number of hydrogen-bond acceptors (Lipinski definition) is 2. The highest BCUT2D eigenvalue weighted by Gasteiger charge is 2.12. The number of benzene rings is 2. The molecule has 0 bridgehead atoms. The van der Waals surface area contributed by atoms with Gasteiger partial charge in [0.15, 0.2) is 0 Å². The first-order valence-corrected chi connectivity index (χ1v) is 8.17. The van der Waals surface area contributed by atoms with Gasteiger partial charge in [0.1, 0.15) is 0 Å². The number of fused-ring (bicyclic) bond motifs is 1. The lowest BCUT2D eigenvalue weighted by Gasteiger charge is -2.10. The fraction of sp³-hybridized carbons (Fsp3) is 0.333. The Morgan fingerprint density at radius 3 is 2.75 bits per heavy atom. The van der Waals surface area contributed by atoms with Crippen molar-refractivity contribution in [3.8, 4) is 0 Å². The van der Waals surface area contributed by atoms with E-state index in [0.29, 0.717) is 6.54 Å². The summed E-state index contributed by atoms with van der Waals surface area (Å²) in [5, 5.41) is 0. The van der Waals surface area contributed by atoms with Crippen LogP contribution in [0.1, 0.15) is 28.7 Å². The Labute approximate surface area is 125 Å². The lowest BCUT2D eigenvalue weighted by atomic mass is 10.1. The van der Waals surface area contributed by atoms with Crippen LogP contribution in [0.4, 0.5) is 0 Å². The van der Waals surface area contributed by atoms with E-state index in [-0.39, 0.29) is 0 Å². The van der Waals surface area contributed by atoms with Crippen molar-refractivity contribution < 1.29 is 0 Å². The lowest BCUT2D eigenvalue weighted by molar-refractivity contribution is 0.911. The molecule has 0 heterocycles. The predicted octanol–water partition coefficient (Wildman–Crippen LogP) is 4.14. The van der Waals surface area contributed by atoms with E-state index in [9.17, 15) is 0 Å². The second-order valence-electron chi connectivity index (χ2n) is 5.54. The highest BCUT2D eigenvalue weighted by molar-refractivity contribution is 7.99. The van der Waals surface area contributed by atoms with Gasteiger partial charge in [-0.05, 0) is 74.0 Å². The Bertz CT molecular complexity index is 619. The summed E-state index contributed by atoms with van der Waals surface area (Å²) in [6.07, 6.45) is 4.76. The summed E-state index contributed by atoms with van der Waals surface area (Å²) in [5.74, 6) is 0. The van der Waals surface area contributed by atoms with E-state index in [1.54, 1.807) is 11.1 Å². The van der Waals surface area contributed by atoms with E-state index < -0.39 is 0 Å². The van der Waals surface area contributed by atoms with Crippen LogP contribution >= 0.6 is 11.8 Å². The van der Waals surface area contributed by atoms with Crippen molar-refractivity contribution in [2.24, 2.45) is 5.73 Å². The molecule has 0 saturated heterocycles. The molecule has 0 radical (unpaired) electrons. The average molecular weight is 283 g/mol. The minimum atomic E-state index is 0.710. The van der Waals surface area contributed by atoms with Crippen molar-refractivity contribution in [3.63, 3.8) is 0 Å². The number of hydrogen-bond donors (Lipinski definition) is 1. The van der Waals surface area contributed by atoms with Crippen LogP contribution in [0.3, 0.4) is 0 Å². The maximum atomic E-state index is 5.74. The molecule has 0 saturated carbocycles. The summed E-state index contributed by atoms with van der Waals surface area (Å²) in [4.78, 5) is 2.70. The zero-order valence-electron chi connectivity index (χ0n) is 12.0. The zero-order chi connectivity index (χ0) is 13.9. The molecule has 0 atom stereocenters. The molecule has 0 unspecified atom stereocenters. The topological polar surface area (TPSA) is 26.0 Å². The third-order valence-electron chi connectivity index (χ3n) is 3.93. The summed E-state index contributed by atoms with van der Waals surface area (Å²) in [6, 6.07) is 13.6. The van der Waals surface area contributed by atoms with Crippen LogP contribution < -0.4 is 5.73 Å². The van der Waals surface area contributed by atoms with Crippen molar-refractivity contribution >= 4 is 11.8 Å². The summed E-state index contributed by atoms with van der Waals surface area (Å²) in [5.41, 5.74) is 11.5. The molecule has 3 rings (SSSR count). The van der Waals surface area contributed by atoms with Gasteiger partial charge >= 0.3 is 0 Å². The summed E-state index contributed by atoms with van der Waals surface area (Å²) in [7, 11) is 0. The molecule has 1 aliphatic carbocycles. The average Bonchev–Trinajstić information content (AvgIpc) is 2.89.